The topological polar surface area (TPSA) is 59.2 Å². The Morgan fingerprint density at radius 1 is 1.23 bits per heavy atom. The molecule has 0 unspecified atom stereocenters. The van der Waals surface area contributed by atoms with Gasteiger partial charge in [-0.2, -0.15) is 0 Å². The van der Waals surface area contributed by atoms with Gasteiger partial charge in [0.2, 0.25) is 0 Å². The summed E-state index contributed by atoms with van der Waals surface area (Å²) in [5, 5.41) is 0. The van der Waals surface area contributed by atoms with Crippen molar-refractivity contribution in [2.24, 2.45) is 0 Å². The van der Waals surface area contributed by atoms with Crippen LogP contribution in [0, 0.1) is 20.8 Å². The van der Waals surface area contributed by atoms with Crippen LogP contribution in [0.5, 0.6) is 0 Å². The zero-order valence-corrected chi connectivity index (χ0v) is 14.6. The first kappa shape index (κ1) is 16.5. The third-order valence-electron chi connectivity index (χ3n) is 3.58. The first-order chi connectivity index (χ1) is 10.4. The van der Waals surface area contributed by atoms with Crippen LogP contribution in [0.1, 0.15) is 50.2 Å². The fraction of sp³-hybridized carbons (Fsp3) is 0.294. The Labute approximate surface area is 138 Å². The van der Waals surface area contributed by atoms with Crippen LogP contribution < -0.4 is 0 Å². The summed E-state index contributed by atoms with van der Waals surface area (Å²) in [6.45, 7) is 7.55. The van der Waals surface area contributed by atoms with Gasteiger partial charge < -0.3 is 9.72 Å². The number of rotatable bonds is 4. The largest absolute Gasteiger partial charge is 0.461 e. The third kappa shape index (κ3) is 2.99. The van der Waals surface area contributed by atoms with Crippen molar-refractivity contribution in [1.82, 2.24) is 4.98 Å². The molecule has 0 amide bonds. The molecule has 4 nitrogen and oxygen atoms in total. The van der Waals surface area contributed by atoms with Gasteiger partial charge in [-0.15, -0.1) is 0 Å². The number of aromatic nitrogens is 1. The molecule has 5 heteroatoms. The highest BCUT2D eigenvalue weighted by atomic mass is 79.9. The lowest BCUT2D eigenvalue weighted by atomic mass is 9.99. The molecule has 0 aliphatic carbocycles. The number of ketones is 1. The van der Waals surface area contributed by atoms with Crippen molar-refractivity contribution in [1.29, 1.82) is 0 Å². The fourth-order valence-electron chi connectivity index (χ4n) is 2.38. The summed E-state index contributed by atoms with van der Waals surface area (Å²) in [4.78, 5) is 27.6. The summed E-state index contributed by atoms with van der Waals surface area (Å²) in [5.41, 5.74) is 3.80. The molecule has 116 valence electrons. The van der Waals surface area contributed by atoms with E-state index in [1.807, 2.05) is 13.0 Å². The first-order valence-corrected chi connectivity index (χ1v) is 7.83. The number of ether oxygens (including phenoxy) is 1. The molecule has 22 heavy (non-hydrogen) atoms. The van der Waals surface area contributed by atoms with Crippen molar-refractivity contribution in [3.63, 3.8) is 0 Å². The van der Waals surface area contributed by atoms with E-state index < -0.39 is 5.97 Å². The number of esters is 1. The molecular weight excluding hydrogens is 346 g/mol. The van der Waals surface area contributed by atoms with E-state index in [2.05, 4.69) is 20.9 Å². The van der Waals surface area contributed by atoms with Crippen molar-refractivity contribution < 1.29 is 14.3 Å². The molecule has 0 radical (unpaired) electrons. The van der Waals surface area contributed by atoms with Gasteiger partial charge >= 0.3 is 5.97 Å². The van der Waals surface area contributed by atoms with Crippen LogP contribution in [-0.4, -0.2) is 23.3 Å². The number of benzene rings is 1. The molecule has 2 rings (SSSR count). The third-order valence-corrected chi connectivity index (χ3v) is 4.43. The van der Waals surface area contributed by atoms with E-state index in [9.17, 15) is 9.59 Å². The van der Waals surface area contributed by atoms with Gasteiger partial charge in [-0.3, -0.25) is 4.79 Å². The van der Waals surface area contributed by atoms with E-state index in [0.29, 0.717) is 34.7 Å². The van der Waals surface area contributed by atoms with Gasteiger partial charge in [0, 0.05) is 21.3 Å². The zero-order chi connectivity index (χ0) is 16.4. The summed E-state index contributed by atoms with van der Waals surface area (Å²) in [5.74, 6) is -0.547. The quantitative estimate of drug-likeness (QED) is 0.656. The van der Waals surface area contributed by atoms with Crippen LogP contribution in [0.15, 0.2) is 22.7 Å². The van der Waals surface area contributed by atoms with Crippen molar-refractivity contribution >= 4 is 27.7 Å². The second kappa shape index (κ2) is 6.48. The van der Waals surface area contributed by atoms with Crippen LogP contribution >= 0.6 is 15.9 Å². The SMILES string of the molecule is CCOC(=O)c1[nH]c(C)c(C(=O)c2ccc(C)c(Br)c2)c1C. The van der Waals surface area contributed by atoms with Gasteiger partial charge in [-0.25, -0.2) is 4.79 Å². The number of carbonyl (C=O) groups excluding carboxylic acids is 2. The van der Waals surface area contributed by atoms with E-state index in [-0.39, 0.29) is 5.78 Å². The molecule has 0 fully saturated rings. The maximum absolute atomic E-state index is 12.8. The summed E-state index contributed by atoms with van der Waals surface area (Å²) < 4.78 is 5.89. The molecule has 0 atom stereocenters. The second-order valence-corrected chi connectivity index (χ2v) is 5.99. The molecule has 1 aromatic carbocycles. The number of H-pyrrole nitrogens is 1. The first-order valence-electron chi connectivity index (χ1n) is 7.04. The minimum absolute atomic E-state index is 0.109. The van der Waals surface area contributed by atoms with Crippen molar-refractivity contribution in [2.45, 2.75) is 27.7 Å². The Kier molecular flexibility index (Phi) is 4.86. The van der Waals surface area contributed by atoms with E-state index >= 15 is 0 Å². The van der Waals surface area contributed by atoms with Gasteiger partial charge in [0.1, 0.15) is 5.69 Å². The average Bonchev–Trinajstić information content (AvgIpc) is 2.76. The van der Waals surface area contributed by atoms with E-state index in [1.165, 1.54) is 0 Å². The number of hydrogen-bond donors (Lipinski definition) is 1. The van der Waals surface area contributed by atoms with Crippen LogP contribution in [0.4, 0.5) is 0 Å². The number of carbonyl (C=O) groups is 2. The normalized spacial score (nSPS) is 10.6. The van der Waals surface area contributed by atoms with E-state index in [1.54, 1.807) is 32.9 Å². The highest BCUT2D eigenvalue weighted by Crippen LogP contribution is 2.24. The number of aryl methyl sites for hydroxylation is 2. The van der Waals surface area contributed by atoms with Crippen molar-refractivity contribution in [3.05, 3.63) is 56.3 Å². The van der Waals surface area contributed by atoms with Crippen molar-refractivity contribution in [2.75, 3.05) is 6.61 Å². The fourth-order valence-corrected chi connectivity index (χ4v) is 2.76. The van der Waals surface area contributed by atoms with Gasteiger partial charge in [-0.1, -0.05) is 28.1 Å². The standard InChI is InChI=1S/C17H18BrNO3/c1-5-22-17(21)15-10(3)14(11(4)19-15)16(20)12-7-6-9(2)13(18)8-12/h6-8,19H,5H2,1-4H3. The highest BCUT2D eigenvalue weighted by molar-refractivity contribution is 9.10. The Hall–Kier alpha value is -1.88. The Bertz CT molecular complexity index is 747. The summed E-state index contributed by atoms with van der Waals surface area (Å²) in [6, 6.07) is 5.48. The summed E-state index contributed by atoms with van der Waals surface area (Å²) in [6.07, 6.45) is 0. The Morgan fingerprint density at radius 2 is 1.91 bits per heavy atom. The molecule has 0 bridgehead atoms. The molecule has 0 aliphatic heterocycles. The monoisotopic (exact) mass is 363 g/mol. The van der Waals surface area contributed by atoms with E-state index in [4.69, 9.17) is 4.74 Å². The van der Waals surface area contributed by atoms with Crippen LogP contribution in [-0.2, 0) is 4.74 Å². The van der Waals surface area contributed by atoms with Gasteiger partial charge in [0.15, 0.2) is 5.78 Å². The van der Waals surface area contributed by atoms with Crippen LogP contribution in [0.25, 0.3) is 0 Å². The maximum Gasteiger partial charge on any atom is 0.355 e. The predicted octanol–water partition coefficient (Wildman–Crippen LogP) is 4.11. The molecule has 1 aromatic heterocycles. The average molecular weight is 364 g/mol. The molecule has 0 spiro atoms. The van der Waals surface area contributed by atoms with Crippen LogP contribution in [0.2, 0.25) is 0 Å². The Morgan fingerprint density at radius 3 is 2.50 bits per heavy atom. The van der Waals surface area contributed by atoms with E-state index in [0.717, 1.165) is 10.0 Å². The predicted molar refractivity (Wildman–Crippen MR) is 88.5 cm³/mol. The molecular formula is C17H18BrNO3. The minimum Gasteiger partial charge on any atom is -0.461 e. The number of halogens is 1. The molecule has 1 heterocycles. The molecule has 0 saturated heterocycles. The zero-order valence-electron chi connectivity index (χ0n) is 13.0. The lowest BCUT2D eigenvalue weighted by Gasteiger charge is -2.05. The maximum atomic E-state index is 12.8. The summed E-state index contributed by atoms with van der Waals surface area (Å²) in [7, 11) is 0. The lowest BCUT2D eigenvalue weighted by molar-refractivity contribution is 0.0519. The van der Waals surface area contributed by atoms with Crippen LogP contribution in [0.3, 0.4) is 0 Å². The second-order valence-electron chi connectivity index (χ2n) is 5.14. The number of aromatic amines is 1. The van der Waals surface area contributed by atoms with Gasteiger partial charge in [0.05, 0.1) is 6.61 Å². The lowest BCUT2D eigenvalue weighted by Crippen LogP contribution is -2.08. The number of hydrogen-bond acceptors (Lipinski definition) is 3. The van der Waals surface area contributed by atoms with Crippen molar-refractivity contribution in [3.8, 4) is 0 Å². The summed E-state index contributed by atoms with van der Waals surface area (Å²) >= 11 is 3.44. The minimum atomic E-state index is -0.438. The molecule has 0 aliphatic rings. The van der Waals surface area contributed by atoms with Gasteiger partial charge in [-0.05, 0) is 44.9 Å². The molecule has 0 saturated carbocycles. The molecule has 2 aromatic rings. The smallest absolute Gasteiger partial charge is 0.355 e. The highest BCUT2D eigenvalue weighted by Gasteiger charge is 2.23. The van der Waals surface area contributed by atoms with Gasteiger partial charge in [0.25, 0.3) is 0 Å². The Balaban J connectivity index is 2.46. The number of nitrogens with one attached hydrogen (secondary N) is 1. The molecule has 1 N–H and O–H groups in total.